The van der Waals surface area contributed by atoms with Crippen LogP contribution >= 0.6 is 0 Å². The predicted octanol–water partition coefficient (Wildman–Crippen LogP) is 1.50. The summed E-state index contributed by atoms with van der Waals surface area (Å²) in [6, 6.07) is 3.63. The van der Waals surface area contributed by atoms with Crippen LogP contribution in [-0.2, 0) is 6.54 Å². The summed E-state index contributed by atoms with van der Waals surface area (Å²) in [6.45, 7) is 12.8. The predicted molar refractivity (Wildman–Crippen MR) is 83.2 cm³/mol. The van der Waals surface area contributed by atoms with Crippen LogP contribution in [0, 0.1) is 0 Å². The molecule has 0 aromatic carbocycles. The number of hydrogen-bond acceptors (Lipinski definition) is 4. The summed E-state index contributed by atoms with van der Waals surface area (Å²) in [5.41, 5.74) is 0. The summed E-state index contributed by atoms with van der Waals surface area (Å²) in [5.74, 6) is 1.18. The number of carbonyl (C=O) groups is 1. The van der Waals surface area contributed by atoms with Crippen molar-refractivity contribution in [3.05, 3.63) is 49.0 Å². The Morgan fingerprint density at radius 2 is 1.95 bits per heavy atom. The normalized spacial score (nSPS) is 15.2. The molecule has 0 unspecified atom stereocenters. The Balaban J connectivity index is 1.97. The van der Waals surface area contributed by atoms with E-state index in [-0.39, 0.29) is 5.91 Å². The van der Waals surface area contributed by atoms with Crippen LogP contribution in [0.5, 0.6) is 0 Å². The van der Waals surface area contributed by atoms with Gasteiger partial charge in [0.1, 0.15) is 5.76 Å². The van der Waals surface area contributed by atoms with Gasteiger partial charge >= 0.3 is 0 Å². The van der Waals surface area contributed by atoms with Crippen LogP contribution in [0.2, 0.25) is 0 Å². The third-order valence-corrected chi connectivity index (χ3v) is 3.43. The molecule has 1 aromatic heterocycles. The molecule has 1 amide bonds. The van der Waals surface area contributed by atoms with Crippen LogP contribution in [0.15, 0.2) is 41.9 Å². The highest BCUT2D eigenvalue weighted by Crippen LogP contribution is 2.13. The van der Waals surface area contributed by atoms with Crippen LogP contribution in [0.25, 0.3) is 0 Å². The fraction of sp³-hybridized carbons (Fsp3) is 0.438. The lowest BCUT2D eigenvalue weighted by atomic mass is 10.3. The molecule has 21 heavy (non-hydrogen) atoms. The van der Waals surface area contributed by atoms with Crippen molar-refractivity contribution in [2.75, 3.05) is 39.3 Å². The van der Waals surface area contributed by atoms with Gasteiger partial charge in [0.15, 0.2) is 5.76 Å². The molecule has 1 saturated heterocycles. The van der Waals surface area contributed by atoms with E-state index in [9.17, 15) is 4.79 Å². The molecule has 0 atom stereocenters. The zero-order valence-corrected chi connectivity index (χ0v) is 12.4. The Kier molecular flexibility index (Phi) is 5.78. The van der Waals surface area contributed by atoms with Crippen molar-refractivity contribution in [3.8, 4) is 0 Å². The second kappa shape index (κ2) is 7.81. The van der Waals surface area contributed by atoms with E-state index < -0.39 is 0 Å². The molecule has 1 aliphatic heterocycles. The second-order valence-corrected chi connectivity index (χ2v) is 5.08. The van der Waals surface area contributed by atoms with Crippen LogP contribution in [0.3, 0.4) is 0 Å². The maximum absolute atomic E-state index is 12.3. The fourth-order valence-corrected chi connectivity index (χ4v) is 2.39. The van der Waals surface area contributed by atoms with Gasteiger partial charge in [-0.15, -0.1) is 13.2 Å². The van der Waals surface area contributed by atoms with Crippen LogP contribution in [0.1, 0.15) is 16.3 Å². The van der Waals surface area contributed by atoms with Crippen LogP contribution < -0.4 is 5.32 Å². The molecule has 0 aliphatic carbocycles. The van der Waals surface area contributed by atoms with Gasteiger partial charge < -0.3 is 14.6 Å². The van der Waals surface area contributed by atoms with Gasteiger partial charge in [0.25, 0.3) is 5.91 Å². The highest BCUT2D eigenvalue weighted by atomic mass is 16.4. The maximum Gasteiger partial charge on any atom is 0.289 e. The summed E-state index contributed by atoms with van der Waals surface area (Å²) < 4.78 is 5.70. The van der Waals surface area contributed by atoms with Crippen molar-refractivity contribution < 1.29 is 9.21 Å². The number of nitrogens with one attached hydrogen (secondary N) is 1. The summed E-state index contributed by atoms with van der Waals surface area (Å²) in [4.78, 5) is 16.3. The molecule has 5 nitrogen and oxygen atoms in total. The van der Waals surface area contributed by atoms with Crippen LogP contribution in [-0.4, -0.2) is 55.0 Å². The van der Waals surface area contributed by atoms with Gasteiger partial charge in [-0.2, -0.15) is 0 Å². The van der Waals surface area contributed by atoms with E-state index in [4.69, 9.17) is 4.42 Å². The largest absolute Gasteiger partial charge is 0.455 e. The standard InChI is InChI=1S/C16H23N3O2/c1-3-9-18(10-4-2)13-14-5-6-15(21-14)16(20)19-11-7-17-8-12-19/h3-6,17H,1-2,7-13H2. The average molecular weight is 289 g/mol. The van der Waals surface area contributed by atoms with Crippen LogP contribution in [0.4, 0.5) is 0 Å². The van der Waals surface area contributed by atoms with Gasteiger partial charge in [-0.1, -0.05) is 12.2 Å². The third-order valence-electron chi connectivity index (χ3n) is 3.43. The Labute approximate surface area is 125 Å². The number of rotatable bonds is 7. The quantitative estimate of drug-likeness (QED) is 0.773. The molecule has 5 heteroatoms. The summed E-state index contributed by atoms with van der Waals surface area (Å²) in [6.07, 6.45) is 3.69. The summed E-state index contributed by atoms with van der Waals surface area (Å²) >= 11 is 0. The molecule has 0 radical (unpaired) electrons. The number of piperazine rings is 1. The molecule has 1 fully saturated rings. The lowest BCUT2D eigenvalue weighted by Crippen LogP contribution is -2.46. The zero-order chi connectivity index (χ0) is 15.1. The van der Waals surface area contributed by atoms with Crippen molar-refractivity contribution in [1.82, 2.24) is 15.1 Å². The summed E-state index contributed by atoms with van der Waals surface area (Å²) in [5, 5.41) is 3.23. The minimum absolute atomic E-state index is 0.0262. The number of nitrogens with zero attached hydrogens (tertiary/aromatic N) is 2. The van der Waals surface area contributed by atoms with E-state index in [0.717, 1.165) is 45.0 Å². The van der Waals surface area contributed by atoms with Gasteiger partial charge in [0, 0.05) is 39.3 Å². The molecule has 0 spiro atoms. The van der Waals surface area contributed by atoms with Crippen molar-refractivity contribution in [1.29, 1.82) is 0 Å². The van der Waals surface area contributed by atoms with E-state index in [2.05, 4.69) is 23.4 Å². The second-order valence-electron chi connectivity index (χ2n) is 5.08. The van der Waals surface area contributed by atoms with Crippen molar-refractivity contribution in [2.45, 2.75) is 6.54 Å². The van der Waals surface area contributed by atoms with Crippen molar-refractivity contribution in [2.24, 2.45) is 0 Å². The molecule has 2 heterocycles. The van der Waals surface area contributed by atoms with E-state index in [1.807, 2.05) is 23.1 Å². The van der Waals surface area contributed by atoms with E-state index in [0.29, 0.717) is 12.3 Å². The summed E-state index contributed by atoms with van der Waals surface area (Å²) in [7, 11) is 0. The van der Waals surface area contributed by atoms with Gasteiger partial charge in [-0.3, -0.25) is 9.69 Å². The van der Waals surface area contributed by atoms with Gasteiger partial charge in [-0.05, 0) is 12.1 Å². The van der Waals surface area contributed by atoms with Crippen molar-refractivity contribution in [3.63, 3.8) is 0 Å². The van der Waals surface area contributed by atoms with E-state index in [1.54, 1.807) is 6.07 Å². The lowest BCUT2D eigenvalue weighted by molar-refractivity contribution is 0.0700. The molecule has 0 saturated carbocycles. The molecule has 2 rings (SSSR count). The van der Waals surface area contributed by atoms with Gasteiger partial charge in [0.05, 0.1) is 6.54 Å². The SMILES string of the molecule is C=CCN(CC=C)Cc1ccc(C(=O)N2CCNCC2)o1. The first-order chi connectivity index (χ1) is 10.2. The Morgan fingerprint density at radius 3 is 2.57 bits per heavy atom. The molecule has 0 bridgehead atoms. The Hall–Kier alpha value is -1.85. The fourth-order valence-electron chi connectivity index (χ4n) is 2.39. The minimum Gasteiger partial charge on any atom is -0.455 e. The molecule has 114 valence electrons. The van der Waals surface area contributed by atoms with E-state index in [1.165, 1.54) is 0 Å². The third kappa shape index (κ3) is 4.31. The molecule has 1 aliphatic rings. The minimum atomic E-state index is -0.0262. The first-order valence-corrected chi connectivity index (χ1v) is 7.27. The average Bonchev–Trinajstić information content (AvgIpc) is 2.96. The molecule has 1 aromatic rings. The highest BCUT2D eigenvalue weighted by molar-refractivity contribution is 5.91. The Morgan fingerprint density at radius 1 is 1.29 bits per heavy atom. The first kappa shape index (κ1) is 15.5. The number of furan rings is 1. The zero-order valence-electron chi connectivity index (χ0n) is 12.4. The smallest absolute Gasteiger partial charge is 0.289 e. The monoisotopic (exact) mass is 289 g/mol. The Bertz CT molecular complexity index is 479. The van der Waals surface area contributed by atoms with Gasteiger partial charge in [0.2, 0.25) is 0 Å². The number of hydrogen-bond donors (Lipinski definition) is 1. The number of carbonyl (C=O) groups excluding carboxylic acids is 1. The van der Waals surface area contributed by atoms with Gasteiger partial charge in [-0.25, -0.2) is 0 Å². The lowest BCUT2D eigenvalue weighted by Gasteiger charge is -2.26. The van der Waals surface area contributed by atoms with E-state index >= 15 is 0 Å². The van der Waals surface area contributed by atoms with Crippen molar-refractivity contribution >= 4 is 5.91 Å². The molecular weight excluding hydrogens is 266 g/mol. The topological polar surface area (TPSA) is 48.7 Å². The highest BCUT2D eigenvalue weighted by Gasteiger charge is 2.21. The number of amides is 1. The molecule has 1 N–H and O–H groups in total. The maximum atomic E-state index is 12.3. The first-order valence-electron chi connectivity index (χ1n) is 7.27. The molecular formula is C16H23N3O2.